The molecule has 0 aliphatic heterocycles. The van der Waals surface area contributed by atoms with E-state index in [1.54, 1.807) is 38.3 Å². The number of aromatic nitrogens is 2. The minimum absolute atomic E-state index is 0.0101. The Bertz CT molecular complexity index is 1340. The van der Waals surface area contributed by atoms with Crippen molar-refractivity contribution in [3.63, 3.8) is 0 Å². The van der Waals surface area contributed by atoms with Gasteiger partial charge >= 0.3 is 5.97 Å². The van der Waals surface area contributed by atoms with Crippen molar-refractivity contribution >= 4 is 38.9 Å². The summed E-state index contributed by atoms with van der Waals surface area (Å²) in [5.74, 6) is -1.45. The molecule has 2 heterocycles. The van der Waals surface area contributed by atoms with Crippen LogP contribution >= 0.6 is 11.3 Å². The summed E-state index contributed by atoms with van der Waals surface area (Å²) in [6, 6.07) is 7.31. The van der Waals surface area contributed by atoms with Gasteiger partial charge in [-0.2, -0.15) is 5.10 Å². The number of hydrogen-bond donors (Lipinski definition) is 3. The molecule has 4 rings (SSSR count). The lowest BCUT2D eigenvalue weighted by Gasteiger charge is -2.17. The van der Waals surface area contributed by atoms with E-state index < -0.39 is 16.0 Å². The number of ether oxygens (including phenoxy) is 1. The number of sulfonamides is 1. The molecule has 3 N–H and O–H groups in total. The Morgan fingerprint density at radius 3 is 2.59 bits per heavy atom. The largest absolute Gasteiger partial charge is 0.476 e. The minimum atomic E-state index is -3.99. The summed E-state index contributed by atoms with van der Waals surface area (Å²) in [4.78, 5) is 24.4. The van der Waals surface area contributed by atoms with E-state index in [1.165, 1.54) is 34.2 Å². The average molecular weight is 505 g/mol. The van der Waals surface area contributed by atoms with Gasteiger partial charge in [0.2, 0.25) is 15.9 Å². The fraction of sp³-hybridized carbons (Fsp3) is 0.318. The second-order valence-corrected chi connectivity index (χ2v) is 10.8. The Hall–Kier alpha value is -3.22. The zero-order valence-corrected chi connectivity index (χ0v) is 20.4. The lowest BCUT2D eigenvalue weighted by molar-refractivity contribution is 0.0688. The Kier molecular flexibility index (Phi) is 6.47. The summed E-state index contributed by atoms with van der Waals surface area (Å²) in [5, 5.41) is 18.1. The number of benzene rings is 1. The Morgan fingerprint density at radius 2 is 2.00 bits per heavy atom. The highest BCUT2D eigenvalue weighted by atomic mass is 32.2. The molecule has 0 spiro atoms. The van der Waals surface area contributed by atoms with Crippen LogP contribution in [0.25, 0.3) is 0 Å². The molecule has 1 amide bonds. The van der Waals surface area contributed by atoms with Crippen molar-refractivity contribution in [1.82, 2.24) is 14.5 Å². The Labute approximate surface area is 200 Å². The van der Waals surface area contributed by atoms with Crippen LogP contribution in [0.2, 0.25) is 0 Å². The van der Waals surface area contributed by atoms with Gasteiger partial charge in [-0.1, -0.05) is 6.07 Å². The normalized spacial score (nSPS) is 13.8. The minimum Gasteiger partial charge on any atom is -0.476 e. The van der Waals surface area contributed by atoms with E-state index in [0.717, 1.165) is 12.8 Å². The van der Waals surface area contributed by atoms with E-state index in [-0.39, 0.29) is 51.5 Å². The predicted octanol–water partition coefficient (Wildman–Crippen LogP) is 4.02. The molecule has 1 aliphatic carbocycles. The highest BCUT2D eigenvalue weighted by Gasteiger charge is 2.31. The lowest BCUT2D eigenvalue weighted by Crippen LogP contribution is -2.26. The van der Waals surface area contributed by atoms with E-state index >= 15 is 0 Å². The number of carboxylic acids is 1. The number of anilines is 1. The summed E-state index contributed by atoms with van der Waals surface area (Å²) in [7, 11) is -3.99. The van der Waals surface area contributed by atoms with Crippen LogP contribution in [0.5, 0.6) is 11.6 Å². The standard InChI is InChI=1S/C22H24N4O6S2/c1-12(2)26-21(13(3)19(24-26)22(28)29)32-16-9-8-15(23-20(27)17-5-4-10-33-17)11-18(16)34(30,31)25-14-6-7-14/h4-5,8-12,14,25H,6-7H2,1-3H3,(H,23,27)(H,28,29). The number of thiophene rings is 1. The summed E-state index contributed by atoms with van der Waals surface area (Å²) in [5.41, 5.74) is 0.376. The van der Waals surface area contributed by atoms with Gasteiger partial charge in [0.25, 0.3) is 5.91 Å². The van der Waals surface area contributed by atoms with Crippen LogP contribution in [0.1, 0.15) is 58.5 Å². The summed E-state index contributed by atoms with van der Waals surface area (Å²) >= 11 is 1.27. The van der Waals surface area contributed by atoms with Crippen LogP contribution in [0.4, 0.5) is 5.69 Å². The molecular formula is C22H24N4O6S2. The summed E-state index contributed by atoms with van der Waals surface area (Å²) < 4.78 is 36.3. The highest BCUT2D eigenvalue weighted by molar-refractivity contribution is 7.89. The maximum Gasteiger partial charge on any atom is 0.356 e. The van der Waals surface area contributed by atoms with E-state index in [1.807, 2.05) is 0 Å². The number of rotatable bonds is 9. The third kappa shape index (κ3) is 4.98. The molecule has 180 valence electrons. The van der Waals surface area contributed by atoms with Crippen LogP contribution in [0.15, 0.2) is 40.6 Å². The van der Waals surface area contributed by atoms with Gasteiger partial charge < -0.3 is 15.2 Å². The number of carbonyl (C=O) groups is 2. The zero-order valence-electron chi connectivity index (χ0n) is 18.7. The fourth-order valence-electron chi connectivity index (χ4n) is 3.25. The third-order valence-corrected chi connectivity index (χ3v) is 7.54. The van der Waals surface area contributed by atoms with Gasteiger partial charge in [0, 0.05) is 17.3 Å². The second-order valence-electron chi connectivity index (χ2n) is 8.21. The molecular weight excluding hydrogens is 480 g/mol. The number of carbonyl (C=O) groups excluding carboxylic acids is 1. The topological polar surface area (TPSA) is 140 Å². The number of hydrogen-bond acceptors (Lipinski definition) is 7. The molecule has 0 radical (unpaired) electrons. The van der Waals surface area contributed by atoms with Gasteiger partial charge in [0.05, 0.1) is 10.9 Å². The molecule has 1 saturated carbocycles. The maximum atomic E-state index is 13.2. The van der Waals surface area contributed by atoms with Crippen LogP contribution in [0.3, 0.4) is 0 Å². The van der Waals surface area contributed by atoms with E-state index in [9.17, 15) is 23.1 Å². The number of aromatic carboxylic acids is 1. The first-order valence-corrected chi connectivity index (χ1v) is 12.9. The van der Waals surface area contributed by atoms with Crippen molar-refractivity contribution in [3.05, 3.63) is 51.8 Å². The van der Waals surface area contributed by atoms with Gasteiger partial charge in [0.1, 0.15) is 10.6 Å². The van der Waals surface area contributed by atoms with Crippen LogP contribution in [0, 0.1) is 6.92 Å². The predicted molar refractivity (Wildman–Crippen MR) is 126 cm³/mol. The molecule has 10 nitrogen and oxygen atoms in total. The molecule has 0 saturated heterocycles. The molecule has 2 aromatic heterocycles. The SMILES string of the molecule is Cc1c(C(=O)O)nn(C(C)C)c1Oc1ccc(NC(=O)c2cccs2)cc1S(=O)(=O)NC1CC1. The smallest absolute Gasteiger partial charge is 0.356 e. The van der Waals surface area contributed by atoms with Gasteiger partial charge in [0.15, 0.2) is 5.69 Å². The van der Waals surface area contributed by atoms with Gasteiger partial charge in [-0.3, -0.25) is 4.79 Å². The molecule has 3 aromatic rings. The first kappa shape index (κ1) is 23.9. The van der Waals surface area contributed by atoms with E-state index in [4.69, 9.17) is 4.74 Å². The van der Waals surface area contributed by atoms with Crippen LogP contribution in [-0.2, 0) is 10.0 Å². The number of nitrogens with zero attached hydrogens (tertiary/aromatic N) is 2. The molecule has 0 unspecified atom stereocenters. The van der Waals surface area contributed by atoms with Crippen LogP contribution < -0.4 is 14.8 Å². The fourth-order valence-corrected chi connectivity index (χ4v) is 5.32. The highest BCUT2D eigenvalue weighted by Crippen LogP contribution is 2.36. The van der Waals surface area contributed by atoms with E-state index in [2.05, 4.69) is 15.1 Å². The third-order valence-electron chi connectivity index (χ3n) is 5.13. The second kappa shape index (κ2) is 9.20. The van der Waals surface area contributed by atoms with Crippen molar-refractivity contribution < 1.29 is 27.9 Å². The molecule has 1 fully saturated rings. The van der Waals surface area contributed by atoms with Gasteiger partial charge in [-0.25, -0.2) is 22.6 Å². The quantitative estimate of drug-likeness (QED) is 0.400. The lowest BCUT2D eigenvalue weighted by atomic mass is 10.2. The first-order chi connectivity index (χ1) is 16.1. The zero-order chi connectivity index (χ0) is 24.6. The van der Waals surface area contributed by atoms with E-state index in [0.29, 0.717) is 4.88 Å². The van der Waals surface area contributed by atoms with Crippen molar-refractivity contribution in [2.24, 2.45) is 0 Å². The average Bonchev–Trinajstić information content (AvgIpc) is 3.26. The number of nitrogens with one attached hydrogen (secondary N) is 2. The van der Waals surface area contributed by atoms with Crippen LogP contribution in [-0.4, -0.2) is 41.2 Å². The monoisotopic (exact) mass is 504 g/mol. The molecule has 0 atom stereocenters. The van der Waals surface area contributed by atoms with Gasteiger partial charge in [-0.15, -0.1) is 11.3 Å². The number of carboxylic acid groups (broad SMARTS) is 1. The molecule has 34 heavy (non-hydrogen) atoms. The number of amides is 1. The van der Waals surface area contributed by atoms with Crippen molar-refractivity contribution in [2.75, 3.05) is 5.32 Å². The summed E-state index contributed by atoms with van der Waals surface area (Å²) in [6.07, 6.45) is 1.48. The first-order valence-electron chi connectivity index (χ1n) is 10.6. The summed E-state index contributed by atoms with van der Waals surface area (Å²) in [6.45, 7) is 5.16. The van der Waals surface area contributed by atoms with Gasteiger partial charge in [-0.05, 0) is 63.3 Å². The molecule has 1 aliphatic rings. The Balaban J connectivity index is 1.75. The maximum absolute atomic E-state index is 13.2. The molecule has 12 heteroatoms. The molecule has 1 aromatic carbocycles. The van der Waals surface area contributed by atoms with Crippen molar-refractivity contribution in [2.45, 2.75) is 50.6 Å². The van der Waals surface area contributed by atoms with Crippen molar-refractivity contribution in [3.8, 4) is 11.6 Å². The Morgan fingerprint density at radius 1 is 1.26 bits per heavy atom. The van der Waals surface area contributed by atoms with Crippen molar-refractivity contribution in [1.29, 1.82) is 0 Å². The molecule has 0 bridgehead atoms.